The van der Waals surface area contributed by atoms with Crippen LogP contribution in [0.4, 0.5) is 25.0 Å². The SMILES string of the molecule is O=C1OC(CO)CN1c1cc(F)c(N2C3CSC34CC24)c(F)c1. The third-order valence-electron chi connectivity index (χ3n) is 5.31. The number of hydrogen-bond donors (Lipinski definition) is 1. The highest BCUT2D eigenvalue weighted by Crippen LogP contribution is 2.72. The number of aliphatic hydroxyl groups is 1. The molecule has 3 saturated heterocycles. The van der Waals surface area contributed by atoms with Crippen LogP contribution in [0.3, 0.4) is 0 Å². The van der Waals surface area contributed by atoms with Crippen molar-refractivity contribution in [2.45, 2.75) is 29.4 Å². The number of ether oxygens (including phenoxy) is 1. The number of thioether (sulfide) groups is 1. The summed E-state index contributed by atoms with van der Waals surface area (Å²) < 4.78 is 34.3. The number of aliphatic hydroxyl groups excluding tert-OH is 1. The maximum absolute atomic E-state index is 14.5. The number of benzene rings is 1. The first-order valence-electron chi connectivity index (χ1n) is 7.55. The third-order valence-corrected chi connectivity index (χ3v) is 7.04. The second kappa shape index (κ2) is 4.30. The Morgan fingerprint density at radius 3 is 2.57 bits per heavy atom. The number of hydrogen-bond acceptors (Lipinski definition) is 5. The molecule has 1 aliphatic carbocycles. The summed E-state index contributed by atoms with van der Waals surface area (Å²) in [6, 6.07) is 2.83. The van der Waals surface area contributed by atoms with Crippen LogP contribution in [0.1, 0.15) is 6.42 Å². The zero-order valence-electron chi connectivity index (χ0n) is 12.0. The van der Waals surface area contributed by atoms with Crippen LogP contribution in [0.25, 0.3) is 0 Å². The van der Waals surface area contributed by atoms with Gasteiger partial charge < -0.3 is 14.7 Å². The van der Waals surface area contributed by atoms with E-state index in [4.69, 9.17) is 9.84 Å². The average Bonchev–Trinajstić information content (AvgIpc) is 3.12. The van der Waals surface area contributed by atoms with Crippen molar-refractivity contribution in [3.8, 4) is 0 Å². The Labute approximate surface area is 135 Å². The van der Waals surface area contributed by atoms with Crippen molar-refractivity contribution >= 4 is 29.2 Å². The Bertz CT molecular complexity index is 710. The van der Waals surface area contributed by atoms with Gasteiger partial charge in [-0.25, -0.2) is 13.6 Å². The number of cyclic esters (lactones) is 1. The molecule has 5 nitrogen and oxygen atoms in total. The van der Waals surface area contributed by atoms with Gasteiger partial charge in [0.1, 0.15) is 11.8 Å². The standard InChI is InChI=1S/C15H14F2N2O3S/c16-9-1-7(18-4-8(5-20)22-14(18)21)2-10(17)13(9)19-11-3-15(11)12(19)6-23-15/h1-2,8,11-12,20H,3-6H2. The van der Waals surface area contributed by atoms with E-state index >= 15 is 0 Å². The van der Waals surface area contributed by atoms with E-state index in [-0.39, 0.29) is 41.4 Å². The van der Waals surface area contributed by atoms with Crippen molar-refractivity contribution in [1.82, 2.24) is 0 Å². The van der Waals surface area contributed by atoms with Gasteiger partial charge in [0, 0.05) is 23.9 Å². The summed E-state index contributed by atoms with van der Waals surface area (Å²) in [4.78, 5) is 14.7. The number of amides is 1. The lowest BCUT2D eigenvalue weighted by Gasteiger charge is -2.55. The minimum Gasteiger partial charge on any atom is -0.441 e. The van der Waals surface area contributed by atoms with E-state index in [1.54, 1.807) is 0 Å². The number of rotatable bonds is 3. The molecule has 1 N–H and O–H groups in total. The molecule has 4 aliphatic rings. The molecule has 1 spiro atoms. The largest absolute Gasteiger partial charge is 0.441 e. The molecular weight excluding hydrogens is 326 g/mol. The maximum atomic E-state index is 14.5. The molecule has 23 heavy (non-hydrogen) atoms. The van der Waals surface area contributed by atoms with Gasteiger partial charge >= 0.3 is 6.09 Å². The third kappa shape index (κ3) is 1.63. The molecule has 122 valence electrons. The number of nitrogens with zero attached hydrogens (tertiary/aromatic N) is 2. The molecule has 4 atom stereocenters. The molecule has 4 unspecified atom stereocenters. The minimum absolute atomic E-state index is 0.0171. The van der Waals surface area contributed by atoms with Crippen LogP contribution in [0, 0.1) is 11.6 Å². The van der Waals surface area contributed by atoms with E-state index in [1.165, 1.54) is 12.1 Å². The summed E-state index contributed by atoms with van der Waals surface area (Å²) in [7, 11) is 0. The first-order valence-corrected chi connectivity index (χ1v) is 8.54. The van der Waals surface area contributed by atoms with Crippen LogP contribution in [-0.4, -0.2) is 53.0 Å². The first kappa shape index (κ1) is 13.9. The molecule has 3 aliphatic heterocycles. The Morgan fingerprint density at radius 2 is 2.09 bits per heavy atom. The van der Waals surface area contributed by atoms with Gasteiger partial charge in [0.05, 0.1) is 29.6 Å². The molecular formula is C15H14F2N2O3S. The van der Waals surface area contributed by atoms with Crippen LogP contribution < -0.4 is 9.80 Å². The second-order valence-corrected chi connectivity index (χ2v) is 7.85. The first-order chi connectivity index (χ1) is 11.0. The lowest BCUT2D eigenvalue weighted by atomic mass is 10.0. The Hall–Kier alpha value is -1.54. The minimum atomic E-state index is -0.698. The van der Waals surface area contributed by atoms with Gasteiger partial charge in [-0.05, 0) is 6.42 Å². The van der Waals surface area contributed by atoms with Gasteiger partial charge in [0.2, 0.25) is 0 Å². The summed E-state index contributed by atoms with van der Waals surface area (Å²) in [6.07, 6.45) is -0.363. The van der Waals surface area contributed by atoms with E-state index in [9.17, 15) is 13.6 Å². The van der Waals surface area contributed by atoms with E-state index in [0.717, 1.165) is 17.1 Å². The van der Waals surface area contributed by atoms with Crippen LogP contribution in [0.5, 0.6) is 0 Å². The average molecular weight is 340 g/mol. The highest BCUT2D eigenvalue weighted by atomic mass is 32.2. The topological polar surface area (TPSA) is 53.0 Å². The Kier molecular flexibility index (Phi) is 2.59. The van der Waals surface area contributed by atoms with E-state index in [0.29, 0.717) is 0 Å². The monoisotopic (exact) mass is 340 g/mol. The van der Waals surface area contributed by atoms with Crippen LogP contribution in [0.15, 0.2) is 12.1 Å². The summed E-state index contributed by atoms with van der Waals surface area (Å²) >= 11 is 1.89. The Morgan fingerprint density at radius 1 is 1.35 bits per heavy atom. The Balaban J connectivity index is 1.46. The summed E-state index contributed by atoms with van der Waals surface area (Å²) in [5.74, 6) is -0.399. The lowest BCUT2D eigenvalue weighted by Crippen LogP contribution is -2.66. The zero-order valence-corrected chi connectivity index (χ0v) is 12.9. The van der Waals surface area contributed by atoms with Gasteiger partial charge in [0.25, 0.3) is 0 Å². The molecule has 1 aromatic carbocycles. The molecule has 4 fully saturated rings. The van der Waals surface area contributed by atoms with E-state index < -0.39 is 23.8 Å². The van der Waals surface area contributed by atoms with Gasteiger partial charge in [-0.3, -0.25) is 4.90 Å². The van der Waals surface area contributed by atoms with Gasteiger partial charge in [-0.2, -0.15) is 0 Å². The van der Waals surface area contributed by atoms with Crippen molar-refractivity contribution in [2.75, 3.05) is 28.7 Å². The van der Waals surface area contributed by atoms with E-state index in [1.807, 2.05) is 16.7 Å². The molecule has 0 bridgehead atoms. The fourth-order valence-corrected chi connectivity index (χ4v) is 5.61. The van der Waals surface area contributed by atoms with Gasteiger partial charge in [-0.1, -0.05) is 0 Å². The van der Waals surface area contributed by atoms with Crippen molar-refractivity contribution in [1.29, 1.82) is 0 Å². The van der Waals surface area contributed by atoms with Crippen molar-refractivity contribution in [2.24, 2.45) is 0 Å². The lowest BCUT2D eigenvalue weighted by molar-refractivity contribution is 0.0963. The second-order valence-electron chi connectivity index (χ2n) is 6.47. The molecule has 1 amide bonds. The van der Waals surface area contributed by atoms with Crippen LogP contribution in [-0.2, 0) is 4.74 Å². The molecule has 1 saturated carbocycles. The van der Waals surface area contributed by atoms with Crippen LogP contribution in [0.2, 0.25) is 0 Å². The smallest absolute Gasteiger partial charge is 0.414 e. The van der Waals surface area contributed by atoms with Gasteiger partial charge in [-0.15, -0.1) is 11.8 Å². The zero-order chi connectivity index (χ0) is 15.9. The van der Waals surface area contributed by atoms with Crippen LogP contribution >= 0.6 is 11.8 Å². The summed E-state index contributed by atoms with van der Waals surface area (Å²) in [6.45, 7) is -0.232. The highest BCUT2D eigenvalue weighted by molar-refractivity contribution is 8.02. The quantitative estimate of drug-likeness (QED) is 0.908. The summed E-state index contributed by atoms with van der Waals surface area (Å²) in [5, 5.41) is 9.05. The van der Waals surface area contributed by atoms with E-state index in [2.05, 4.69) is 0 Å². The van der Waals surface area contributed by atoms with Crippen molar-refractivity contribution < 1.29 is 23.4 Å². The molecule has 0 aromatic heterocycles. The summed E-state index contributed by atoms with van der Waals surface area (Å²) in [5.41, 5.74) is 0.138. The fourth-order valence-electron chi connectivity index (χ4n) is 4.01. The highest BCUT2D eigenvalue weighted by Gasteiger charge is 2.79. The number of halogens is 2. The number of carbonyl (C=O) groups is 1. The van der Waals surface area contributed by atoms with Crippen molar-refractivity contribution in [3.63, 3.8) is 0 Å². The van der Waals surface area contributed by atoms with Gasteiger partial charge in [0.15, 0.2) is 11.6 Å². The molecule has 1 aromatic rings. The maximum Gasteiger partial charge on any atom is 0.414 e. The molecule has 3 heterocycles. The predicted molar refractivity (Wildman–Crippen MR) is 80.9 cm³/mol. The normalized spacial score (nSPS) is 36.8. The predicted octanol–water partition coefficient (Wildman–Crippen LogP) is 1.73. The molecule has 5 rings (SSSR count). The molecule has 0 radical (unpaired) electrons. The van der Waals surface area contributed by atoms with Crippen molar-refractivity contribution in [3.05, 3.63) is 23.8 Å². The number of anilines is 2. The number of carbonyl (C=O) groups excluding carboxylic acids is 1. The molecule has 8 heteroatoms. The fraction of sp³-hybridized carbons (Fsp3) is 0.533.